The van der Waals surface area contributed by atoms with Crippen molar-refractivity contribution in [2.45, 2.75) is 13.0 Å². The molecule has 1 fully saturated rings. The third-order valence-electron chi connectivity index (χ3n) is 5.28. The molecule has 1 amide bonds. The molecule has 1 aromatic heterocycles. The van der Waals surface area contributed by atoms with Crippen LogP contribution >= 0.6 is 0 Å². The Morgan fingerprint density at radius 2 is 1.83 bits per heavy atom. The second kappa shape index (κ2) is 9.19. The third kappa shape index (κ3) is 4.75. The van der Waals surface area contributed by atoms with Gasteiger partial charge in [0.25, 0.3) is 5.91 Å². The highest BCUT2D eigenvalue weighted by Crippen LogP contribution is 2.23. The first-order valence-corrected chi connectivity index (χ1v) is 9.99. The number of benzene rings is 2. The Hall–Kier alpha value is -3.03. The Balaban J connectivity index is 1.45. The molecule has 156 valence electrons. The molecular formula is C23H24FN3O3. The molecule has 7 heteroatoms. The predicted octanol–water partition coefficient (Wildman–Crippen LogP) is 3.59. The molecule has 0 bridgehead atoms. The number of rotatable bonds is 6. The average Bonchev–Trinajstić information content (AvgIpc) is 3.27. The van der Waals surface area contributed by atoms with E-state index in [1.165, 1.54) is 17.7 Å². The van der Waals surface area contributed by atoms with Crippen LogP contribution in [-0.2, 0) is 4.74 Å². The minimum atomic E-state index is -0.332. The summed E-state index contributed by atoms with van der Waals surface area (Å²) in [5.74, 6) is -0.536. The van der Waals surface area contributed by atoms with Gasteiger partial charge in [-0.2, -0.15) is 0 Å². The highest BCUT2D eigenvalue weighted by atomic mass is 19.1. The number of hydrogen-bond donors (Lipinski definition) is 1. The van der Waals surface area contributed by atoms with E-state index in [9.17, 15) is 9.18 Å². The van der Waals surface area contributed by atoms with E-state index in [1.807, 2.05) is 0 Å². The smallest absolute Gasteiger partial charge is 0.289 e. The van der Waals surface area contributed by atoms with Gasteiger partial charge in [-0.25, -0.2) is 4.39 Å². The molecule has 1 aliphatic rings. The van der Waals surface area contributed by atoms with Gasteiger partial charge >= 0.3 is 0 Å². The Morgan fingerprint density at radius 3 is 2.53 bits per heavy atom. The van der Waals surface area contributed by atoms with Crippen molar-refractivity contribution < 1.29 is 18.4 Å². The lowest BCUT2D eigenvalue weighted by molar-refractivity contribution is 0.0161. The van der Waals surface area contributed by atoms with E-state index in [2.05, 4.69) is 46.6 Å². The number of amides is 1. The second-order valence-corrected chi connectivity index (χ2v) is 7.37. The zero-order valence-electron chi connectivity index (χ0n) is 16.8. The summed E-state index contributed by atoms with van der Waals surface area (Å²) in [6.45, 7) is 5.47. The van der Waals surface area contributed by atoms with E-state index in [1.54, 1.807) is 18.2 Å². The van der Waals surface area contributed by atoms with Crippen LogP contribution < -0.4 is 5.32 Å². The molecule has 1 saturated heterocycles. The van der Waals surface area contributed by atoms with Crippen molar-refractivity contribution in [1.82, 2.24) is 15.4 Å². The van der Waals surface area contributed by atoms with Gasteiger partial charge in [-0.15, -0.1) is 0 Å². The van der Waals surface area contributed by atoms with E-state index < -0.39 is 0 Å². The molecule has 0 spiro atoms. The van der Waals surface area contributed by atoms with Crippen LogP contribution in [0, 0.1) is 12.7 Å². The first-order chi connectivity index (χ1) is 14.6. The van der Waals surface area contributed by atoms with Gasteiger partial charge in [0.1, 0.15) is 11.5 Å². The lowest BCUT2D eigenvalue weighted by atomic mass is 10.0. The molecule has 2 aromatic carbocycles. The van der Waals surface area contributed by atoms with E-state index in [0.717, 1.165) is 18.7 Å². The van der Waals surface area contributed by atoms with Gasteiger partial charge in [-0.05, 0) is 36.8 Å². The van der Waals surface area contributed by atoms with Crippen LogP contribution in [0.15, 0.2) is 59.1 Å². The lowest BCUT2D eigenvalue weighted by Gasteiger charge is -2.34. The van der Waals surface area contributed by atoms with Crippen molar-refractivity contribution in [3.05, 3.63) is 77.3 Å². The van der Waals surface area contributed by atoms with Crippen molar-refractivity contribution in [3.8, 4) is 11.3 Å². The Labute approximate surface area is 174 Å². The number of halogens is 1. The van der Waals surface area contributed by atoms with Crippen molar-refractivity contribution in [3.63, 3.8) is 0 Å². The molecule has 3 aromatic rings. The van der Waals surface area contributed by atoms with E-state index in [4.69, 9.17) is 9.26 Å². The molecule has 1 N–H and O–H groups in total. The molecule has 4 rings (SSSR count). The SMILES string of the molecule is Cc1ccc(C(CNC(=O)c2cc(-c3ccc(F)cc3)no2)N2CCOCC2)cc1. The van der Waals surface area contributed by atoms with E-state index in [0.29, 0.717) is 31.0 Å². The van der Waals surface area contributed by atoms with Crippen LogP contribution in [0.4, 0.5) is 4.39 Å². The van der Waals surface area contributed by atoms with Gasteiger partial charge in [0.05, 0.1) is 19.3 Å². The zero-order valence-corrected chi connectivity index (χ0v) is 16.8. The molecule has 2 heterocycles. The molecular weight excluding hydrogens is 385 g/mol. The summed E-state index contributed by atoms with van der Waals surface area (Å²) in [6, 6.07) is 15.9. The molecule has 1 atom stereocenters. The number of nitrogens with zero attached hydrogens (tertiary/aromatic N) is 2. The molecule has 1 unspecified atom stereocenters. The largest absolute Gasteiger partial charge is 0.379 e. The summed E-state index contributed by atoms with van der Waals surface area (Å²) in [7, 11) is 0. The Bertz CT molecular complexity index is 980. The maximum atomic E-state index is 13.1. The van der Waals surface area contributed by atoms with Crippen LogP contribution in [0.5, 0.6) is 0 Å². The number of nitrogens with one attached hydrogen (secondary N) is 1. The van der Waals surface area contributed by atoms with Crippen LogP contribution in [0.3, 0.4) is 0 Å². The zero-order chi connectivity index (χ0) is 20.9. The van der Waals surface area contributed by atoms with Gasteiger partial charge in [0, 0.05) is 31.3 Å². The fraction of sp³-hybridized carbons (Fsp3) is 0.304. The van der Waals surface area contributed by atoms with Gasteiger partial charge in [0.2, 0.25) is 5.76 Å². The van der Waals surface area contributed by atoms with Crippen molar-refractivity contribution in [1.29, 1.82) is 0 Å². The van der Waals surface area contributed by atoms with Crippen molar-refractivity contribution in [2.24, 2.45) is 0 Å². The Kier molecular flexibility index (Phi) is 6.21. The third-order valence-corrected chi connectivity index (χ3v) is 5.28. The quantitative estimate of drug-likeness (QED) is 0.674. The molecule has 1 aliphatic heterocycles. The van der Waals surface area contributed by atoms with Crippen molar-refractivity contribution >= 4 is 5.91 Å². The standard InChI is InChI=1S/C23H24FN3O3/c1-16-2-4-18(5-3-16)21(27-10-12-29-13-11-27)15-25-23(28)22-14-20(26-30-22)17-6-8-19(24)9-7-17/h2-9,14,21H,10-13,15H2,1H3,(H,25,28). The van der Waals surface area contributed by atoms with Gasteiger partial charge in [-0.1, -0.05) is 35.0 Å². The summed E-state index contributed by atoms with van der Waals surface area (Å²) in [4.78, 5) is 15.0. The number of carbonyl (C=O) groups excluding carboxylic acids is 1. The Morgan fingerprint density at radius 1 is 1.13 bits per heavy atom. The second-order valence-electron chi connectivity index (χ2n) is 7.37. The van der Waals surface area contributed by atoms with Gasteiger partial charge < -0.3 is 14.6 Å². The minimum Gasteiger partial charge on any atom is -0.379 e. The van der Waals surface area contributed by atoms with Crippen LogP contribution in [0.1, 0.15) is 27.7 Å². The summed E-state index contributed by atoms with van der Waals surface area (Å²) < 4.78 is 23.8. The fourth-order valence-corrected chi connectivity index (χ4v) is 3.55. The van der Waals surface area contributed by atoms with Crippen LogP contribution in [0.25, 0.3) is 11.3 Å². The summed E-state index contributed by atoms with van der Waals surface area (Å²) in [5.41, 5.74) is 3.51. The highest BCUT2D eigenvalue weighted by Gasteiger charge is 2.24. The normalized spacial score (nSPS) is 15.7. The summed E-state index contributed by atoms with van der Waals surface area (Å²) >= 11 is 0. The van der Waals surface area contributed by atoms with E-state index >= 15 is 0 Å². The summed E-state index contributed by atoms with van der Waals surface area (Å²) in [6.07, 6.45) is 0. The maximum Gasteiger partial charge on any atom is 0.289 e. The van der Waals surface area contributed by atoms with Crippen LogP contribution in [0.2, 0.25) is 0 Å². The highest BCUT2D eigenvalue weighted by molar-refractivity contribution is 5.92. The number of morpholine rings is 1. The number of aromatic nitrogens is 1. The van der Waals surface area contributed by atoms with E-state index in [-0.39, 0.29) is 23.5 Å². The van der Waals surface area contributed by atoms with Gasteiger partial charge in [0.15, 0.2) is 0 Å². The lowest BCUT2D eigenvalue weighted by Crippen LogP contribution is -2.43. The van der Waals surface area contributed by atoms with Gasteiger partial charge in [-0.3, -0.25) is 9.69 Å². The first-order valence-electron chi connectivity index (χ1n) is 9.99. The van der Waals surface area contributed by atoms with Crippen LogP contribution in [-0.4, -0.2) is 48.8 Å². The fourth-order valence-electron chi connectivity index (χ4n) is 3.55. The predicted molar refractivity (Wildman–Crippen MR) is 111 cm³/mol. The molecule has 30 heavy (non-hydrogen) atoms. The molecule has 0 radical (unpaired) electrons. The molecule has 0 aliphatic carbocycles. The number of aryl methyl sites for hydroxylation is 1. The molecule has 6 nitrogen and oxygen atoms in total. The first kappa shape index (κ1) is 20.3. The topological polar surface area (TPSA) is 67.6 Å². The number of hydrogen-bond acceptors (Lipinski definition) is 5. The number of carbonyl (C=O) groups is 1. The average molecular weight is 409 g/mol. The van der Waals surface area contributed by atoms with Crippen molar-refractivity contribution in [2.75, 3.05) is 32.8 Å². The minimum absolute atomic E-state index is 0.0398. The molecule has 0 saturated carbocycles. The maximum absolute atomic E-state index is 13.1. The monoisotopic (exact) mass is 409 g/mol. The summed E-state index contributed by atoms with van der Waals surface area (Å²) in [5, 5.41) is 6.90. The number of ether oxygens (including phenoxy) is 1.